The van der Waals surface area contributed by atoms with Gasteiger partial charge < -0.3 is 15.3 Å². The van der Waals surface area contributed by atoms with Crippen LogP contribution in [-0.4, -0.2) is 13.5 Å². The molecule has 0 N–H and O–H groups in total. The van der Waals surface area contributed by atoms with Gasteiger partial charge in [0.1, 0.15) is 0 Å². The summed E-state index contributed by atoms with van der Waals surface area (Å²) >= 11 is -0.750. The quantitative estimate of drug-likeness (QED) is 0.207. The van der Waals surface area contributed by atoms with Crippen LogP contribution in [0.15, 0.2) is 0 Å². The molecule has 6 nitrogen and oxygen atoms in total. The molecule has 0 fully saturated rings. The van der Waals surface area contributed by atoms with Gasteiger partial charge in [-0.3, -0.25) is 0 Å². The Morgan fingerprint density at radius 1 is 1.25 bits per heavy atom. The molecule has 8 heavy (non-hydrogen) atoms. The van der Waals surface area contributed by atoms with Crippen molar-refractivity contribution in [1.29, 1.82) is 0 Å². The average Bonchev–Trinajstić information content (AvgIpc) is 1.33. The molecule has 0 spiro atoms. The molecule has 0 unspecified atom stereocenters. The van der Waals surface area contributed by atoms with Crippen molar-refractivity contribution in [3.8, 4) is 0 Å². The number of hydrogen-bond donors (Lipinski definition) is 0. The third-order valence-electron chi connectivity index (χ3n) is 0. The molecular weight excluding hydrogens is 165 g/mol. The Bertz CT molecular complexity index is 80.4. The summed E-state index contributed by atoms with van der Waals surface area (Å²) in [5, 5.41) is 14.8. The molecule has 8 heteroatoms. The second kappa shape index (κ2) is 15.6. The summed E-state index contributed by atoms with van der Waals surface area (Å²) in [7, 11) is 0. The zero-order chi connectivity index (χ0) is 6.28. The van der Waals surface area contributed by atoms with Gasteiger partial charge >= 0.3 is 63.0 Å². The Labute approximate surface area is 90.4 Å². The maximum Gasteiger partial charge on any atom is 1.00 e. The van der Waals surface area contributed by atoms with Crippen LogP contribution in [-0.2, 0) is 11.6 Å². The van der Waals surface area contributed by atoms with E-state index >= 15 is 0 Å². The molecule has 0 bridgehead atoms. The Balaban J connectivity index is -0.0000000575. The minimum Gasteiger partial charge on any atom is -0.356 e. The topological polar surface area (TPSA) is 100 Å². The predicted octanol–water partition coefficient (Wildman–Crippen LogP) is -3.91. The maximum absolute atomic E-state index is 8.29. The first-order valence-corrected chi connectivity index (χ1v) is 1.55. The summed E-state index contributed by atoms with van der Waals surface area (Å²) in [5.74, 6) is 0. The average molecular weight is 165 g/mol. The summed E-state index contributed by atoms with van der Waals surface area (Å²) in [5.41, 5.74) is 0. The molecule has 0 amide bonds. The van der Waals surface area contributed by atoms with Crippen LogP contribution in [0.25, 0.3) is 0 Å². The van der Waals surface area contributed by atoms with Gasteiger partial charge in [-0.2, -0.15) is 8.42 Å². The maximum atomic E-state index is 8.29. The predicted molar refractivity (Wildman–Crippen MR) is 19.3 cm³/mol. The Morgan fingerprint density at radius 2 is 1.25 bits per heavy atom. The van der Waals surface area contributed by atoms with E-state index in [4.69, 9.17) is 23.7 Å². The van der Waals surface area contributed by atoms with Crippen LogP contribution in [0.1, 0.15) is 0 Å². The van der Waals surface area contributed by atoms with Crippen LogP contribution >= 0.6 is 0 Å². The van der Waals surface area contributed by atoms with Crippen LogP contribution in [0.5, 0.6) is 0 Å². The third-order valence-corrected chi connectivity index (χ3v) is 0. The molecule has 42 valence electrons. The zero-order valence-corrected chi connectivity index (χ0v) is 7.84. The molecule has 0 aliphatic carbocycles. The van der Waals surface area contributed by atoms with Gasteiger partial charge in [-0.05, 0) is 0 Å². The van der Waals surface area contributed by atoms with Crippen LogP contribution in [0.4, 0.5) is 0 Å². The molecule has 0 aromatic carbocycles. The normalized spacial score (nSPS) is 4.50. The summed E-state index contributed by atoms with van der Waals surface area (Å²) in [6, 6.07) is 0. The van der Waals surface area contributed by atoms with Gasteiger partial charge in [-0.15, -0.1) is 0 Å². The molecule has 0 aromatic rings. The van der Waals surface area contributed by atoms with Crippen molar-refractivity contribution in [2.45, 2.75) is 0 Å². The second-order valence-corrected chi connectivity index (χ2v) is 0.428. The van der Waals surface area contributed by atoms with Crippen molar-refractivity contribution >= 4 is 11.6 Å². The second-order valence-electron chi connectivity index (χ2n) is 0.292. The monoisotopic (exact) mass is 165 g/mol. The van der Waals surface area contributed by atoms with Crippen molar-refractivity contribution < 1.29 is 64.9 Å². The van der Waals surface area contributed by atoms with Crippen molar-refractivity contribution in [3.63, 3.8) is 0 Å². The standard InChI is InChI=1S/K.NO3.O2S/c;2-1(3)4;1-3-2/q+1;-1;. The van der Waals surface area contributed by atoms with Crippen LogP contribution in [0.3, 0.4) is 0 Å². The van der Waals surface area contributed by atoms with E-state index in [0.717, 1.165) is 0 Å². The largest absolute Gasteiger partial charge is 1.00 e. The fraction of sp³-hybridized carbons (Fsp3) is 0. The zero-order valence-electron chi connectivity index (χ0n) is 3.90. The minimum atomic E-state index is -1.75. The molecule has 0 aliphatic heterocycles. The molecule has 0 saturated carbocycles. The van der Waals surface area contributed by atoms with Gasteiger partial charge in [-0.1, -0.05) is 0 Å². The summed E-state index contributed by atoms with van der Waals surface area (Å²) in [6.45, 7) is 0. The molecule has 0 atom stereocenters. The van der Waals surface area contributed by atoms with Crippen LogP contribution < -0.4 is 51.4 Å². The molecule has 0 heterocycles. The van der Waals surface area contributed by atoms with E-state index in [1.807, 2.05) is 0 Å². The van der Waals surface area contributed by atoms with E-state index in [1.54, 1.807) is 0 Å². The first-order chi connectivity index (χ1) is 3.15. The van der Waals surface area contributed by atoms with Crippen LogP contribution in [0, 0.1) is 15.3 Å². The third kappa shape index (κ3) is 494. The van der Waals surface area contributed by atoms with Gasteiger partial charge in [0.05, 0.1) is 5.09 Å². The van der Waals surface area contributed by atoms with Gasteiger partial charge in [0.2, 0.25) is 0 Å². The SMILES string of the molecule is O=S=O.O=[N+]([O-])[O-].[K+]. The van der Waals surface area contributed by atoms with E-state index in [1.165, 1.54) is 0 Å². The number of hydrogen-bond acceptors (Lipinski definition) is 5. The van der Waals surface area contributed by atoms with Crippen LogP contribution in [0.2, 0.25) is 0 Å². The number of nitrogens with zero attached hydrogens (tertiary/aromatic N) is 1. The van der Waals surface area contributed by atoms with E-state index in [9.17, 15) is 0 Å². The van der Waals surface area contributed by atoms with Gasteiger partial charge in [0.15, 0.2) is 0 Å². The van der Waals surface area contributed by atoms with Crippen molar-refractivity contribution in [2.24, 2.45) is 0 Å². The number of rotatable bonds is 0. The Morgan fingerprint density at radius 3 is 1.25 bits per heavy atom. The molecule has 0 aromatic heterocycles. The summed E-state index contributed by atoms with van der Waals surface area (Å²) < 4.78 is 16.6. The summed E-state index contributed by atoms with van der Waals surface area (Å²) in [4.78, 5) is 8.25. The first-order valence-electron chi connectivity index (χ1n) is 0.881. The van der Waals surface area contributed by atoms with Crippen molar-refractivity contribution in [1.82, 2.24) is 0 Å². The molecule has 0 radical (unpaired) electrons. The Kier molecular flexibility index (Phi) is 31.0. The molecule has 0 saturated heterocycles. The smallest absolute Gasteiger partial charge is 0.356 e. The van der Waals surface area contributed by atoms with E-state index in [2.05, 4.69) is 0 Å². The molecule has 0 rings (SSSR count). The Hall–Kier alpha value is 0.656. The van der Waals surface area contributed by atoms with E-state index in [0.29, 0.717) is 0 Å². The van der Waals surface area contributed by atoms with Crippen molar-refractivity contribution in [3.05, 3.63) is 15.3 Å². The van der Waals surface area contributed by atoms with Gasteiger partial charge in [0.25, 0.3) is 0 Å². The molecular formula is KNO5S. The fourth-order valence-electron chi connectivity index (χ4n) is 0. The first kappa shape index (κ1) is 15.9. The van der Waals surface area contributed by atoms with E-state index in [-0.39, 0.29) is 51.4 Å². The van der Waals surface area contributed by atoms with Gasteiger partial charge in [-0.25, -0.2) is 0 Å². The minimum absolute atomic E-state index is 0. The van der Waals surface area contributed by atoms with Crippen molar-refractivity contribution in [2.75, 3.05) is 0 Å². The van der Waals surface area contributed by atoms with Gasteiger partial charge in [0, 0.05) is 0 Å². The summed E-state index contributed by atoms with van der Waals surface area (Å²) in [6.07, 6.45) is 0. The fourth-order valence-corrected chi connectivity index (χ4v) is 0. The molecule has 0 aliphatic rings. The van der Waals surface area contributed by atoms with E-state index < -0.39 is 16.7 Å².